The van der Waals surface area contributed by atoms with Crippen molar-refractivity contribution in [3.8, 4) is 6.07 Å². The van der Waals surface area contributed by atoms with Crippen molar-refractivity contribution in [3.05, 3.63) is 12.2 Å². The van der Waals surface area contributed by atoms with Gasteiger partial charge < -0.3 is 0 Å². The lowest BCUT2D eigenvalue weighted by molar-refractivity contribution is 0.729. The van der Waals surface area contributed by atoms with Crippen LogP contribution in [0.15, 0.2) is 12.2 Å². The standard InChI is InChI=1S/C8H13N/c1-2-3-4-5-6-7-8-9/h6-7H,2-5H2,1H3. The molecule has 0 aromatic rings. The maximum Gasteiger partial charge on any atom is 0.0908 e. The van der Waals surface area contributed by atoms with Crippen LogP contribution in [0.3, 0.4) is 0 Å². The predicted octanol–water partition coefficient (Wildman–Crippen LogP) is 2.65. The van der Waals surface area contributed by atoms with E-state index in [0.29, 0.717) is 0 Å². The SMILES string of the molecule is CCCCCC=CC#N. The van der Waals surface area contributed by atoms with Gasteiger partial charge in [0.15, 0.2) is 0 Å². The average molecular weight is 123 g/mol. The fourth-order valence-electron chi connectivity index (χ4n) is 0.648. The Bertz CT molecular complexity index is 108. The van der Waals surface area contributed by atoms with Gasteiger partial charge in [0, 0.05) is 6.08 Å². The van der Waals surface area contributed by atoms with E-state index in [-0.39, 0.29) is 0 Å². The molecule has 0 fully saturated rings. The first-order chi connectivity index (χ1) is 4.41. The van der Waals surface area contributed by atoms with Crippen molar-refractivity contribution < 1.29 is 0 Å². The van der Waals surface area contributed by atoms with Crippen LogP contribution in [0.5, 0.6) is 0 Å². The van der Waals surface area contributed by atoms with Crippen molar-refractivity contribution in [2.24, 2.45) is 0 Å². The molecule has 0 aliphatic heterocycles. The number of hydrogen-bond donors (Lipinski definition) is 0. The molecule has 0 atom stereocenters. The quantitative estimate of drug-likeness (QED) is 0.416. The van der Waals surface area contributed by atoms with Gasteiger partial charge in [0.2, 0.25) is 0 Å². The normalized spacial score (nSPS) is 9.78. The minimum atomic E-state index is 1.06. The Morgan fingerprint density at radius 3 is 2.78 bits per heavy atom. The molecule has 0 radical (unpaired) electrons. The highest BCUT2D eigenvalue weighted by molar-refractivity contribution is 5.01. The Hall–Kier alpha value is -0.770. The molecule has 1 nitrogen and oxygen atoms in total. The van der Waals surface area contributed by atoms with E-state index in [1.165, 1.54) is 19.3 Å². The third-order valence-electron chi connectivity index (χ3n) is 1.17. The highest BCUT2D eigenvalue weighted by atomic mass is 14.2. The summed E-state index contributed by atoms with van der Waals surface area (Å²) in [4.78, 5) is 0. The molecule has 0 aliphatic carbocycles. The monoisotopic (exact) mass is 123 g/mol. The van der Waals surface area contributed by atoms with Gasteiger partial charge in [0.25, 0.3) is 0 Å². The molecular formula is C8H13N. The van der Waals surface area contributed by atoms with Gasteiger partial charge in [-0.2, -0.15) is 5.26 Å². The van der Waals surface area contributed by atoms with Gasteiger partial charge in [0.05, 0.1) is 6.07 Å². The molecular weight excluding hydrogens is 110 g/mol. The van der Waals surface area contributed by atoms with E-state index in [1.54, 1.807) is 6.08 Å². The maximum absolute atomic E-state index is 8.09. The third-order valence-corrected chi connectivity index (χ3v) is 1.17. The molecule has 0 saturated heterocycles. The van der Waals surface area contributed by atoms with Crippen LogP contribution >= 0.6 is 0 Å². The summed E-state index contributed by atoms with van der Waals surface area (Å²) in [5.74, 6) is 0. The second-order valence-electron chi connectivity index (χ2n) is 2.03. The van der Waals surface area contributed by atoms with Crippen LogP contribution in [0.25, 0.3) is 0 Å². The minimum absolute atomic E-state index is 1.06. The van der Waals surface area contributed by atoms with Gasteiger partial charge in [-0.25, -0.2) is 0 Å². The lowest BCUT2D eigenvalue weighted by Gasteiger charge is -1.88. The van der Waals surface area contributed by atoms with E-state index in [9.17, 15) is 0 Å². The molecule has 0 heterocycles. The van der Waals surface area contributed by atoms with Gasteiger partial charge in [0.1, 0.15) is 0 Å². The number of nitrogens with zero attached hydrogens (tertiary/aromatic N) is 1. The Kier molecular flexibility index (Phi) is 6.61. The van der Waals surface area contributed by atoms with Crippen LogP contribution in [0.4, 0.5) is 0 Å². The van der Waals surface area contributed by atoms with Crippen LogP contribution in [0, 0.1) is 11.3 Å². The first-order valence-corrected chi connectivity index (χ1v) is 3.46. The number of hydrogen-bond acceptors (Lipinski definition) is 1. The zero-order chi connectivity index (χ0) is 6.95. The van der Waals surface area contributed by atoms with Gasteiger partial charge in [-0.3, -0.25) is 0 Å². The molecule has 0 aromatic heterocycles. The summed E-state index contributed by atoms with van der Waals surface area (Å²) in [6, 6.07) is 1.96. The summed E-state index contributed by atoms with van der Waals surface area (Å²) >= 11 is 0. The second kappa shape index (κ2) is 7.23. The summed E-state index contributed by atoms with van der Waals surface area (Å²) in [6.07, 6.45) is 8.28. The van der Waals surface area contributed by atoms with Crippen molar-refractivity contribution in [2.45, 2.75) is 32.6 Å². The van der Waals surface area contributed by atoms with Gasteiger partial charge in [-0.15, -0.1) is 0 Å². The Morgan fingerprint density at radius 2 is 2.22 bits per heavy atom. The largest absolute Gasteiger partial charge is 0.193 e. The van der Waals surface area contributed by atoms with E-state index in [2.05, 4.69) is 6.92 Å². The van der Waals surface area contributed by atoms with E-state index in [0.717, 1.165) is 6.42 Å². The molecule has 0 saturated carbocycles. The number of rotatable bonds is 4. The summed E-state index contributed by atoms with van der Waals surface area (Å²) in [6.45, 7) is 2.17. The number of allylic oxidation sites excluding steroid dienone is 2. The Morgan fingerprint density at radius 1 is 1.44 bits per heavy atom. The van der Waals surface area contributed by atoms with Crippen molar-refractivity contribution >= 4 is 0 Å². The first-order valence-electron chi connectivity index (χ1n) is 3.46. The predicted molar refractivity (Wildman–Crippen MR) is 38.9 cm³/mol. The van der Waals surface area contributed by atoms with Crippen LogP contribution in [0.2, 0.25) is 0 Å². The molecule has 0 spiro atoms. The molecule has 9 heavy (non-hydrogen) atoms. The lowest BCUT2D eigenvalue weighted by atomic mass is 10.2. The van der Waals surface area contributed by atoms with Crippen LogP contribution in [0.1, 0.15) is 32.6 Å². The van der Waals surface area contributed by atoms with Crippen molar-refractivity contribution in [1.82, 2.24) is 0 Å². The number of nitriles is 1. The minimum Gasteiger partial charge on any atom is -0.193 e. The second-order valence-corrected chi connectivity index (χ2v) is 2.03. The van der Waals surface area contributed by atoms with E-state index >= 15 is 0 Å². The van der Waals surface area contributed by atoms with Crippen molar-refractivity contribution in [2.75, 3.05) is 0 Å². The molecule has 0 aromatic carbocycles. The van der Waals surface area contributed by atoms with E-state index in [1.807, 2.05) is 12.1 Å². The Balaban J connectivity index is 2.93. The smallest absolute Gasteiger partial charge is 0.0908 e. The maximum atomic E-state index is 8.09. The van der Waals surface area contributed by atoms with Gasteiger partial charge >= 0.3 is 0 Å². The first kappa shape index (κ1) is 8.23. The van der Waals surface area contributed by atoms with Crippen molar-refractivity contribution in [3.63, 3.8) is 0 Å². The lowest BCUT2D eigenvalue weighted by Crippen LogP contribution is -1.69. The van der Waals surface area contributed by atoms with E-state index < -0.39 is 0 Å². The summed E-state index contributed by atoms with van der Waals surface area (Å²) in [5, 5.41) is 8.09. The molecule has 50 valence electrons. The highest BCUT2D eigenvalue weighted by Crippen LogP contribution is 1.98. The van der Waals surface area contributed by atoms with Gasteiger partial charge in [-0.1, -0.05) is 25.8 Å². The highest BCUT2D eigenvalue weighted by Gasteiger charge is 1.79. The molecule has 0 rings (SSSR count). The summed E-state index contributed by atoms with van der Waals surface area (Å²) in [7, 11) is 0. The molecule has 0 bridgehead atoms. The van der Waals surface area contributed by atoms with Crippen LogP contribution in [-0.2, 0) is 0 Å². The fourth-order valence-corrected chi connectivity index (χ4v) is 0.648. The molecule has 0 N–H and O–H groups in total. The van der Waals surface area contributed by atoms with Crippen LogP contribution < -0.4 is 0 Å². The molecule has 0 unspecified atom stereocenters. The molecule has 1 heteroatoms. The summed E-state index contributed by atoms with van der Waals surface area (Å²) < 4.78 is 0. The topological polar surface area (TPSA) is 23.8 Å². The zero-order valence-corrected chi connectivity index (χ0v) is 5.93. The van der Waals surface area contributed by atoms with E-state index in [4.69, 9.17) is 5.26 Å². The summed E-state index contributed by atoms with van der Waals surface area (Å²) in [5.41, 5.74) is 0. The average Bonchev–Trinajstić information content (AvgIpc) is 1.89. The Labute approximate surface area is 57.0 Å². The molecule has 0 aliphatic rings. The third kappa shape index (κ3) is 7.23. The van der Waals surface area contributed by atoms with Crippen LogP contribution in [-0.4, -0.2) is 0 Å². The van der Waals surface area contributed by atoms with Crippen molar-refractivity contribution in [1.29, 1.82) is 5.26 Å². The number of unbranched alkanes of at least 4 members (excludes halogenated alkanes) is 3. The fraction of sp³-hybridized carbons (Fsp3) is 0.625. The van der Waals surface area contributed by atoms with Gasteiger partial charge in [-0.05, 0) is 12.8 Å². The molecule has 0 amide bonds. The zero-order valence-electron chi connectivity index (χ0n) is 5.93.